The van der Waals surface area contributed by atoms with E-state index < -0.39 is 78.4 Å². The van der Waals surface area contributed by atoms with E-state index in [-0.39, 0.29) is 70.3 Å². The van der Waals surface area contributed by atoms with Crippen LogP contribution in [0.2, 0.25) is 0 Å². The van der Waals surface area contributed by atoms with Crippen molar-refractivity contribution in [3.8, 4) is 0 Å². The van der Waals surface area contributed by atoms with Crippen LogP contribution in [-0.2, 0) is 95.3 Å². The second-order valence-corrected chi connectivity index (χ2v) is 12.8. The van der Waals surface area contributed by atoms with Gasteiger partial charge in [0.05, 0.1) is 60.0 Å². The van der Waals surface area contributed by atoms with Gasteiger partial charge in [0.25, 0.3) is 0 Å². The zero-order valence-corrected chi connectivity index (χ0v) is 36.9. The molecule has 0 radical (unpaired) electrons. The summed E-state index contributed by atoms with van der Waals surface area (Å²) in [7, 11) is 2.51. The Morgan fingerprint density at radius 3 is 1.47 bits per heavy atom. The topological polar surface area (TPSA) is 310 Å². The quantitative estimate of drug-likeness (QED) is 0.113. The van der Waals surface area contributed by atoms with Crippen LogP contribution in [-0.4, -0.2) is 196 Å². The van der Waals surface area contributed by atoms with E-state index in [4.69, 9.17) is 29.2 Å². The molecule has 3 rings (SSSR count). The van der Waals surface area contributed by atoms with Crippen LogP contribution in [0.3, 0.4) is 0 Å². The fourth-order valence-corrected chi connectivity index (χ4v) is 4.18. The number of aliphatic hydroxyl groups excluding tert-OH is 2. The van der Waals surface area contributed by atoms with Gasteiger partial charge in [-0.15, -0.1) is 0 Å². The van der Waals surface area contributed by atoms with Gasteiger partial charge in [-0.1, -0.05) is 0 Å². The third-order valence-electron chi connectivity index (χ3n) is 7.80. The van der Waals surface area contributed by atoms with Crippen molar-refractivity contribution < 1.29 is 106 Å². The first-order valence-corrected chi connectivity index (χ1v) is 19.3. The van der Waals surface area contributed by atoms with Crippen molar-refractivity contribution in [2.75, 3.05) is 80.0 Å². The largest absolute Gasteiger partial charge is 0.467 e. The van der Waals surface area contributed by atoms with Crippen molar-refractivity contribution in [1.82, 2.24) is 9.80 Å². The number of ether oxygens (including phenoxy) is 10. The smallest absolute Gasteiger partial charge is 0.347 e. The zero-order chi connectivity index (χ0) is 47.9. The Balaban J connectivity index is 0. The third-order valence-corrected chi connectivity index (χ3v) is 7.80. The van der Waals surface area contributed by atoms with Crippen LogP contribution in [0.4, 0.5) is 0 Å². The predicted octanol–water partition coefficient (Wildman–Crippen LogP) is -1.60. The number of cyclic esters (lactones) is 5. The Labute approximate surface area is 359 Å². The minimum Gasteiger partial charge on any atom is -0.467 e. The van der Waals surface area contributed by atoms with Gasteiger partial charge in [-0.05, 0) is 41.5 Å². The maximum atomic E-state index is 11.7. The molecule has 3 fully saturated rings. The van der Waals surface area contributed by atoms with Crippen LogP contribution in [0.1, 0.15) is 68.2 Å². The normalized spacial score (nSPS) is 20.0. The van der Waals surface area contributed by atoms with Gasteiger partial charge in [0, 0.05) is 33.5 Å². The molecule has 3 heterocycles. The first-order valence-electron chi connectivity index (χ1n) is 19.3. The summed E-state index contributed by atoms with van der Waals surface area (Å²) in [6.07, 6.45) is -4.15. The molecule has 0 aromatic rings. The molecule has 0 aliphatic carbocycles. The number of rotatable bonds is 14. The minimum absolute atomic E-state index is 0.00130. The second-order valence-electron chi connectivity index (χ2n) is 12.8. The van der Waals surface area contributed by atoms with E-state index in [0.717, 1.165) is 0 Å². The van der Waals surface area contributed by atoms with Crippen molar-refractivity contribution in [1.29, 1.82) is 0 Å². The summed E-state index contributed by atoms with van der Waals surface area (Å²) in [5.74, 6) is -3.87. The minimum atomic E-state index is -0.747. The van der Waals surface area contributed by atoms with Crippen LogP contribution in [0.5, 0.6) is 0 Å². The highest BCUT2D eigenvalue weighted by Crippen LogP contribution is 2.10. The number of carbonyl (C=O) groups excluding carboxylic acids is 10. The van der Waals surface area contributed by atoms with Gasteiger partial charge in [0.2, 0.25) is 11.8 Å². The van der Waals surface area contributed by atoms with Crippen LogP contribution < -0.4 is 0 Å². The monoisotopic (exact) mass is 898 g/mol. The lowest BCUT2D eigenvalue weighted by molar-refractivity contribution is -0.191. The summed E-state index contributed by atoms with van der Waals surface area (Å²) in [5.41, 5.74) is 0. The van der Waals surface area contributed by atoms with E-state index in [2.05, 4.69) is 28.4 Å². The first-order chi connectivity index (χ1) is 29.1. The summed E-state index contributed by atoms with van der Waals surface area (Å²) < 4.78 is 47.6. The highest BCUT2D eigenvalue weighted by molar-refractivity contribution is 5.87. The molecule has 24 heteroatoms. The van der Waals surface area contributed by atoms with E-state index in [1.807, 2.05) is 0 Å². The predicted molar refractivity (Wildman–Crippen MR) is 207 cm³/mol. The van der Waals surface area contributed by atoms with Gasteiger partial charge in [-0.2, -0.15) is 0 Å². The van der Waals surface area contributed by atoms with E-state index in [0.29, 0.717) is 26.1 Å². The number of aliphatic hydroxyl groups is 2. The molecule has 0 aromatic carbocycles. The molecule has 3 saturated heterocycles. The third kappa shape index (κ3) is 26.7. The highest BCUT2D eigenvalue weighted by atomic mass is 16.7. The lowest BCUT2D eigenvalue weighted by Crippen LogP contribution is -2.40. The summed E-state index contributed by atoms with van der Waals surface area (Å²) in [4.78, 5) is 113. The van der Waals surface area contributed by atoms with Crippen LogP contribution in [0.15, 0.2) is 0 Å². The van der Waals surface area contributed by atoms with Crippen LogP contribution in [0.25, 0.3) is 0 Å². The van der Waals surface area contributed by atoms with Gasteiger partial charge < -0.3 is 67.4 Å². The van der Waals surface area contributed by atoms with Crippen LogP contribution in [0, 0.1) is 0 Å². The second kappa shape index (κ2) is 33.2. The fourth-order valence-electron chi connectivity index (χ4n) is 4.18. The maximum absolute atomic E-state index is 11.7. The molecule has 0 aromatic heterocycles. The molecule has 3 aliphatic rings. The average molecular weight is 899 g/mol. The Hall–Kier alpha value is -5.46. The van der Waals surface area contributed by atoms with Crippen LogP contribution >= 0.6 is 0 Å². The van der Waals surface area contributed by atoms with Gasteiger partial charge >= 0.3 is 47.8 Å². The van der Waals surface area contributed by atoms with Gasteiger partial charge in [0.15, 0.2) is 36.6 Å². The molecule has 62 heavy (non-hydrogen) atoms. The fraction of sp³-hybridized carbons (Fsp3) is 0.737. The highest BCUT2D eigenvalue weighted by Gasteiger charge is 2.33. The summed E-state index contributed by atoms with van der Waals surface area (Å²) >= 11 is 0. The average Bonchev–Trinajstić information content (AvgIpc) is 3.46. The lowest BCUT2D eigenvalue weighted by Gasteiger charge is -2.22. The van der Waals surface area contributed by atoms with E-state index in [1.54, 1.807) is 11.8 Å². The molecule has 6 atom stereocenters. The van der Waals surface area contributed by atoms with E-state index >= 15 is 0 Å². The van der Waals surface area contributed by atoms with Crippen molar-refractivity contribution in [2.45, 2.75) is 105 Å². The number of esters is 8. The molecule has 3 unspecified atom stereocenters. The molecular formula is C38H62N2O22. The van der Waals surface area contributed by atoms with Gasteiger partial charge in [-0.25, -0.2) is 28.8 Å². The Bertz CT molecular complexity index is 1370. The Morgan fingerprint density at radius 2 is 1.10 bits per heavy atom. The molecule has 356 valence electrons. The number of carbonyl (C=O) groups is 10. The molecule has 3 aliphatic heterocycles. The molecule has 2 N–H and O–H groups in total. The summed E-state index contributed by atoms with van der Waals surface area (Å²) in [6.45, 7) is 13.5. The molecular weight excluding hydrogens is 836 g/mol. The number of hydrogen-bond acceptors (Lipinski definition) is 22. The standard InChI is InChI=1S/C17H29NO9.C7H11NO3.2C6H8O4.C2H6O2/c1-12(16(21)23-4)25-9-8-18(14(3)19)7-6-15(20)27-11-10-26-13(2)17(22)24-5;1-6(9)8-3-2-7(10)11-5-4-8;2*1-3-5(7)10-4(2)6(8)9-3;3-1-2-4/h12-13H,6-11H2,1-5H3;2-5H2,1H3;2*3-4H,1-2H3;3-4H,1-2H2/t12?,13-;;3-,4-;;/m0.0../s1. The molecule has 0 saturated carbocycles. The summed E-state index contributed by atoms with van der Waals surface area (Å²) in [6, 6.07) is 0. The maximum Gasteiger partial charge on any atom is 0.347 e. The number of amides is 2. The molecule has 0 spiro atoms. The number of nitrogens with zero attached hydrogens (tertiary/aromatic N) is 2. The number of hydrogen-bond donors (Lipinski definition) is 2. The van der Waals surface area contributed by atoms with Crippen molar-refractivity contribution >= 4 is 59.6 Å². The molecule has 0 bridgehead atoms. The molecule has 2 amide bonds. The number of methoxy groups -OCH3 is 2. The Morgan fingerprint density at radius 1 is 0.677 bits per heavy atom. The van der Waals surface area contributed by atoms with Crippen molar-refractivity contribution in [3.63, 3.8) is 0 Å². The van der Waals surface area contributed by atoms with E-state index in [1.165, 1.54) is 67.6 Å². The van der Waals surface area contributed by atoms with E-state index in [9.17, 15) is 47.9 Å². The van der Waals surface area contributed by atoms with Crippen molar-refractivity contribution in [2.24, 2.45) is 0 Å². The zero-order valence-electron chi connectivity index (χ0n) is 36.9. The SMILES string of the molecule is CC(=O)N1CCOC(=O)CC1.CC1OC(=O)C(C)OC1=O.COC(=O)C(C)OCCN(CCC(=O)OCCO[C@@H](C)C(=O)OC)C(C)=O.C[C@@H]1OC(=O)[C@H](C)OC1=O.OCCO. The Kier molecular flexibility index (Phi) is 31.4. The summed E-state index contributed by atoms with van der Waals surface area (Å²) in [5, 5.41) is 15.2. The van der Waals surface area contributed by atoms with Gasteiger partial charge in [0.1, 0.15) is 13.2 Å². The van der Waals surface area contributed by atoms with Gasteiger partial charge in [-0.3, -0.25) is 19.2 Å². The lowest BCUT2D eigenvalue weighted by atomic mass is 10.3. The molecule has 24 nitrogen and oxygen atoms in total. The van der Waals surface area contributed by atoms with Crippen molar-refractivity contribution in [3.05, 3.63) is 0 Å². The first kappa shape index (κ1) is 58.6.